The minimum atomic E-state index is -3.80. The highest BCUT2D eigenvalue weighted by molar-refractivity contribution is 6.20. The number of ether oxygens (including phenoxy) is 1. The van der Waals surface area contributed by atoms with E-state index in [1.165, 1.54) is 30.7 Å². The largest absolute Gasteiger partial charge is 0.487 e. The number of amides is 1. The summed E-state index contributed by atoms with van der Waals surface area (Å²) < 4.78 is 32.1. The molecule has 0 radical (unpaired) electrons. The molecule has 0 atom stereocenters. The number of aryl methyl sites for hydroxylation is 1. The lowest BCUT2D eigenvalue weighted by Gasteiger charge is -2.24. The summed E-state index contributed by atoms with van der Waals surface area (Å²) in [6.45, 7) is 0. The zero-order valence-electron chi connectivity index (χ0n) is 18.3. The van der Waals surface area contributed by atoms with E-state index in [-0.39, 0.29) is 11.7 Å². The fourth-order valence-electron chi connectivity index (χ4n) is 4.22. The van der Waals surface area contributed by atoms with Crippen LogP contribution in [-0.2, 0) is 7.05 Å². The summed E-state index contributed by atoms with van der Waals surface area (Å²) in [5, 5.41) is 2.79. The van der Waals surface area contributed by atoms with Gasteiger partial charge in [-0.2, -0.15) is 0 Å². The molecule has 2 aromatic heterocycles. The Labute approximate surface area is 199 Å². The number of aromatic nitrogens is 3. The molecular weight excluding hydrogens is 462 g/mol. The number of halogens is 3. The Morgan fingerprint density at radius 3 is 2.59 bits per heavy atom. The van der Waals surface area contributed by atoms with E-state index in [4.69, 9.17) is 16.6 Å². The second-order valence-electron chi connectivity index (χ2n) is 8.32. The van der Waals surface area contributed by atoms with Crippen LogP contribution in [0.3, 0.4) is 0 Å². The number of carbonyl (C=O) groups excluding carboxylic acids is 1. The molecule has 2 aromatic carbocycles. The molecule has 1 N–H and O–H groups in total. The van der Waals surface area contributed by atoms with Crippen molar-refractivity contribution in [2.45, 2.75) is 30.7 Å². The lowest BCUT2D eigenvalue weighted by molar-refractivity contribution is -0.0964. The van der Waals surface area contributed by atoms with Gasteiger partial charge in [0.05, 0.1) is 11.0 Å². The highest BCUT2D eigenvalue weighted by atomic mass is 35.5. The minimum absolute atomic E-state index is 0.115. The topological polar surface area (TPSA) is 69.0 Å². The second-order valence-corrected chi connectivity index (χ2v) is 8.76. The van der Waals surface area contributed by atoms with E-state index in [0.29, 0.717) is 17.2 Å². The zero-order chi connectivity index (χ0) is 23.9. The summed E-state index contributed by atoms with van der Waals surface area (Å²) in [6, 6.07) is 12.9. The van der Waals surface area contributed by atoms with E-state index < -0.39 is 5.57 Å². The van der Waals surface area contributed by atoms with Gasteiger partial charge in [-0.05, 0) is 55.3 Å². The van der Waals surface area contributed by atoms with Gasteiger partial charge in [0.2, 0.25) is 0 Å². The number of rotatable bonds is 6. The molecule has 6 nitrogen and oxygen atoms in total. The first-order valence-electron chi connectivity index (χ1n) is 10.9. The molecule has 9 heteroatoms. The zero-order valence-corrected chi connectivity index (χ0v) is 19.0. The molecule has 1 amide bonds. The predicted octanol–water partition coefficient (Wildman–Crippen LogP) is 6.32. The second kappa shape index (κ2) is 8.68. The molecule has 1 aliphatic carbocycles. The van der Waals surface area contributed by atoms with Gasteiger partial charge in [0.1, 0.15) is 11.6 Å². The molecule has 2 heterocycles. The molecular formula is C25H21ClF2N4O2. The maximum absolute atomic E-state index is 13.1. The third-order valence-electron chi connectivity index (χ3n) is 6.05. The quantitative estimate of drug-likeness (QED) is 0.326. The highest BCUT2D eigenvalue weighted by Crippen LogP contribution is 2.39. The normalized spacial score (nSPS) is 14.1. The van der Waals surface area contributed by atoms with Gasteiger partial charge < -0.3 is 14.6 Å². The Bertz CT molecular complexity index is 1350. The molecule has 4 aromatic rings. The van der Waals surface area contributed by atoms with Crippen molar-refractivity contribution in [3.05, 3.63) is 72.3 Å². The highest BCUT2D eigenvalue weighted by Gasteiger charge is 2.28. The SMILES string of the molecule is Cn1c(C2CCC2)nc2cc(C(=O)Nc3ccc(OC(F)(F)Cl)cc3)cc(-c3cccnc3)c21. The predicted molar refractivity (Wildman–Crippen MR) is 126 cm³/mol. The van der Waals surface area contributed by atoms with Gasteiger partial charge in [0, 0.05) is 59.3 Å². The fourth-order valence-corrected chi connectivity index (χ4v) is 4.31. The Balaban J connectivity index is 1.50. The van der Waals surface area contributed by atoms with Crippen LogP contribution in [0.15, 0.2) is 60.9 Å². The number of fused-ring (bicyclic) bond motifs is 1. The summed E-state index contributed by atoms with van der Waals surface area (Å²) in [5.74, 6) is 0.989. The number of hydrogen-bond donors (Lipinski definition) is 1. The van der Waals surface area contributed by atoms with E-state index in [1.807, 2.05) is 25.2 Å². The van der Waals surface area contributed by atoms with Crippen LogP contribution in [0.5, 0.6) is 5.75 Å². The average molecular weight is 483 g/mol. The van der Waals surface area contributed by atoms with Crippen molar-refractivity contribution in [3.63, 3.8) is 0 Å². The van der Waals surface area contributed by atoms with E-state index in [0.717, 1.165) is 40.8 Å². The number of nitrogens with one attached hydrogen (secondary N) is 1. The minimum Gasteiger partial charge on any atom is -0.420 e. The lowest BCUT2D eigenvalue weighted by Crippen LogP contribution is -2.16. The molecule has 34 heavy (non-hydrogen) atoms. The van der Waals surface area contributed by atoms with Crippen molar-refractivity contribution < 1.29 is 18.3 Å². The smallest absolute Gasteiger partial charge is 0.420 e. The van der Waals surface area contributed by atoms with Crippen LogP contribution in [0.25, 0.3) is 22.2 Å². The average Bonchev–Trinajstić information content (AvgIpc) is 3.09. The van der Waals surface area contributed by atoms with Gasteiger partial charge in [-0.25, -0.2) is 4.98 Å². The van der Waals surface area contributed by atoms with Gasteiger partial charge in [0.25, 0.3) is 5.91 Å². The van der Waals surface area contributed by atoms with Crippen molar-refractivity contribution >= 4 is 34.2 Å². The van der Waals surface area contributed by atoms with Gasteiger partial charge in [-0.1, -0.05) is 12.5 Å². The van der Waals surface area contributed by atoms with Gasteiger partial charge >= 0.3 is 5.57 Å². The number of nitrogens with zero attached hydrogens (tertiary/aromatic N) is 3. The molecule has 0 spiro atoms. The Kier molecular flexibility index (Phi) is 5.69. The summed E-state index contributed by atoms with van der Waals surface area (Å²) in [7, 11) is 2.01. The molecule has 0 aliphatic heterocycles. The summed E-state index contributed by atoms with van der Waals surface area (Å²) in [6.07, 6.45) is 6.89. The first-order valence-corrected chi connectivity index (χ1v) is 11.2. The van der Waals surface area contributed by atoms with E-state index >= 15 is 0 Å². The lowest BCUT2D eigenvalue weighted by atomic mass is 9.85. The van der Waals surface area contributed by atoms with Gasteiger partial charge in [-0.3, -0.25) is 9.78 Å². The molecule has 1 aliphatic rings. The van der Waals surface area contributed by atoms with Gasteiger partial charge in [0.15, 0.2) is 0 Å². The van der Waals surface area contributed by atoms with Crippen molar-refractivity contribution in [2.75, 3.05) is 5.32 Å². The van der Waals surface area contributed by atoms with Gasteiger partial charge in [-0.15, -0.1) is 8.78 Å². The number of carbonyl (C=O) groups is 1. The number of hydrogen-bond acceptors (Lipinski definition) is 4. The Hall–Kier alpha value is -3.52. The fraction of sp³-hybridized carbons (Fsp3) is 0.240. The van der Waals surface area contributed by atoms with Crippen LogP contribution in [0.4, 0.5) is 14.5 Å². The summed E-state index contributed by atoms with van der Waals surface area (Å²) >= 11 is 4.79. The Morgan fingerprint density at radius 1 is 1.21 bits per heavy atom. The van der Waals surface area contributed by atoms with Crippen molar-refractivity contribution in [3.8, 4) is 16.9 Å². The van der Waals surface area contributed by atoms with E-state index in [2.05, 4.69) is 19.6 Å². The van der Waals surface area contributed by atoms with Crippen LogP contribution in [0.2, 0.25) is 0 Å². The Morgan fingerprint density at radius 2 is 1.97 bits per heavy atom. The number of alkyl halides is 3. The standard InChI is InChI=1S/C25H21ClF2N4O2/c1-32-22-20(16-6-3-11-29-14-16)12-17(13-21(22)31-23(32)15-4-2-5-15)24(33)30-18-7-9-19(10-8-18)34-25(26,27)28/h3,6-15H,2,4-5H2,1H3,(H,30,33). The number of pyridine rings is 1. The van der Waals surface area contributed by atoms with Crippen molar-refractivity contribution in [1.29, 1.82) is 0 Å². The van der Waals surface area contributed by atoms with Crippen LogP contribution in [0.1, 0.15) is 41.4 Å². The summed E-state index contributed by atoms with van der Waals surface area (Å²) in [5.41, 5.74) is 0.494. The molecule has 0 unspecified atom stereocenters. The number of anilines is 1. The molecule has 0 saturated heterocycles. The van der Waals surface area contributed by atoms with Crippen LogP contribution >= 0.6 is 11.6 Å². The monoisotopic (exact) mass is 482 g/mol. The van der Waals surface area contributed by atoms with Crippen LogP contribution in [0, 0.1) is 0 Å². The van der Waals surface area contributed by atoms with E-state index in [1.54, 1.807) is 18.5 Å². The third kappa shape index (κ3) is 4.46. The van der Waals surface area contributed by atoms with Crippen molar-refractivity contribution in [2.24, 2.45) is 7.05 Å². The third-order valence-corrected chi connectivity index (χ3v) is 6.13. The molecule has 174 valence electrons. The number of imidazole rings is 1. The van der Waals surface area contributed by atoms with E-state index in [9.17, 15) is 13.6 Å². The van der Waals surface area contributed by atoms with Crippen LogP contribution in [-0.4, -0.2) is 26.0 Å². The van der Waals surface area contributed by atoms with Crippen LogP contribution < -0.4 is 10.1 Å². The maximum atomic E-state index is 13.1. The molecule has 1 saturated carbocycles. The molecule has 1 fully saturated rings. The first kappa shape index (κ1) is 22.3. The number of benzene rings is 2. The molecule has 0 bridgehead atoms. The van der Waals surface area contributed by atoms with Crippen molar-refractivity contribution in [1.82, 2.24) is 14.5 Å². The first-order chi connectivity index (χ1) is 16.3. The maximum Gasteiger partial charge on any atom is 0.487 e. The molecule has 5 rings (SSSR count). The summed E-state index contributed by atoms with van der Waals surface area (Å²) in [4.78, 5) is 22.2.